The Labute approximate surface area is 166 Å². The van der Waals surface area contributed by atoms with E-state index in [1.165, 1.54) is 12.1 Å². The van der Waals surface area contributed by atoms with Gasteiger partial charge in [0.1, 0.15) is 6.07 Å². The minimum atomic E-state index is -0.444. The van der Waals surface area contributed by atoms with Crippen LogP contribution < -0.4 is 0 Å². The summed E-state index contributed by atoms with van der Waals surface area (Å²) in [5.74, 6) is 0.431. The molecule has 0 amide bonds. The SMILES string of the molecule is CN(C)C=Nc1c(C#N)cc2nc3ccccc3c-2n1-c1ccc([N+](=O)[O-])cc1. The van der Waals surface area contributed by atoms with Gasteiger partial charge in [-0.2, -0.15) is 5.26 Å². The topological polar surface area (TPSA) is 100 Å². The molecular weight excluding hydrogens is 368 g/mol. The van der Waals surface area contributed by atoms with Crippen molar-refractivity contribution >= 4 is 28.7 Å². The van der Waals surface area contributed by atoms with Gasteiger partial charge in [-0.25, -0.2) is 9.98 Å². The third-order valence-electron chi connectivity index (χ3n) is 4.45. The van der Waals surface area contributed by atoms with Crippen molar-refractivity contribution in [3.05, 3.63) is 70.3 Å². The third-order valence-corrected chi connectivity index (χ3v) is 4.45. The van der Waals surface area contributed by atoms with Gasteiger partial charge in [-0.1, -0.05) is 18.2 Å². The lowest BCUT2D eigenvalue weighted by molar-refractivity contribution is -0.384. The zero-order valence-corrected chi connectivity index (χ0v) is 15.8. The maximum atomic E-state index is 11.1. The summed E-state index contributed by atoms with van der Waals surface area (Å²) >= 11 is 0. The molecule has 4 rings (SSSR count). The second kappa shape index (κ2) is 7.05. The van der Waals surface area contributed by atoms with E-state index in [1.54, 1.807) is 29.4 Å². The average Bonchev–Trinajstić information content (AvgIpc) is 3.09. The van der Waals surface area contributed by atoms with E-state index in [0.29, 0.717) is 22.8 Å². The second-order valence-electron chi connectivity index (χ2n) is 6.67. The van der Waals surface area contributed by atoms with Crippen LogP contribution in [0, 0.1) is 21.4 Å². The number of nitrogens with zero attached hydrogens (tertiary/aromatic N) is 6. The molecule has 8 heteroatoms. The number of aromatic nitrogens is 2. The molecule has 0 atom stereocenters. The molecule has 0 aliphatic carbocycles. The molecule has 2 aromatic rings. The fraction of sp³-hybridized carbons (Fsp3) is 0.0952. The van der Waals surface area contributed by atoms with Gasteiger partial charge in [0.25, 0.3) is 5.69 Å². The Morgan fingerprint density at radius 1 is 1.21 bits per heavy atom. The van der Waals surface area contributed by atoms with Crippen LogP contribution in [0.2, 0.25) is 0 Å². The van der Waals surface area contributed by atoms with Crippen LogP contribution in [-0.4, -0.2) is 39.8 Å². The van der Waals surface area contributed by atoms with Gasteiger partial charge in [0.05, 0.1) is 33.7 Å². The van der Waals surface area contributed by atoms with Crippen LogP contribution in [0.3, 0.4) is 0 Å². The number of para-hydroxylation sites is 1. The van der Waals surface area contributed by atoms with E-state index in [2.05, 4.69) is 16.0 Å². The first-order chi connectivity index (χ1) is 14.0. The maximum Gasteiger partial charge on any atom is 0.269 e. The first kappa shape index (κ1) is 18.1. The molecule has 2 heterocycles. The van der Waals surface area contributed by atoms with Gasteiger partial charge >= 0.3 is 0 Å². The Bertz CT molecular complexity index is 1260. The van der Waals surface area contributed by atoms with Crippen molar-refractivity contribution in [2.45, 2.75) is 0 Å². The molecule has 8 nitrogen and oxygen atoms in total. The predicted octanol–water partition coefficient (Wildman–Crippen LogP) is 4.13. The van der Waals surface area contributed by atoms with E-state index in [-0.39, 0.29) is 5.69 Å². The highest BCUT2D eigenvalue weighted by atomic mass is 16.6. The minimum Gasteiger partial charge on any atom is -0.369 e. The van der Waals surface area contributed by atoms with Crippen LogP contribution in [0.5, 0.6) is 0 Å². The summed E-state index contributed by atoms with van der Waals surface area (Å²) in [6.45, 7) is 0. The molecule has 0 spiro atoms. The molecule has 0 aromatic heterocycles. The highest BCUT2D eigenvalue weighted by Gasteiger charge is 2.22. The first-order valence-corrected chi connectivity index (χ1v) is 8.79. The number of hydrogen-bond acceptors (Lipinski definition) is 5. The summed E-state index contributed by atoms with van der Waals surface area (Å²) < 4.78 is 1.83. The normalized spacial score (nSPS) is 11.2. The number of hydrogen-bond donors (Lipinski definition) is 0. The molecule has 0 unspecified atom stereocenters. The van der Waals surface area contributed by atoms with Crippen LogP contribution >= 0.6 is 0 Å². The van der Waals surface area contributed by atoms with Crippen molar-refractivity contribution in [3.8, 4) is 23.1 Å². The van der Waals surface area contributed by atoms with E-state index in [9.17, 15) is 15.4 Å². The van der Waals surface area contributed by atoms with E-state index < -0.39 is 4.92 Å². The molecule has 0 fully saturated rings. The Morgan fingerprint density at radius 3 is 2.59 bits per heavy atom. The summed E-state index contributed by atoms with van der Waals surface area (Å²) in [5, 5.41) is 21.7. The number of nitriles is 1. The number of aliphatic imine (C=N–C) groups is 1. The summed E-state index contributed by atoms with van der Waals surface area (Å²) in [4.78, 5) is 21.6. The van der Waals surface area contributed by atoms with Crippen molar-refractivity contribution in [3.63, 3.8) is 0 Å². The molecule has 0 saturated carbocycles. The van der Waals surface area contributed by atoms with E-state index >= 15 is 0 Å². The van der Waals surface area contributed by atoms with E-state index in [4.69, 9.17) is 0 Å². The Morgan fingerprint density at radius 2 is 1.93 bits per heavy atom. The number of rotatable bonds is 4. The number of pyridine rings is 1. The molecule has 29 heavy (non-hydrogen) atoms. The van der Waals surface area contributed by atoms with Crippen LogP contribution in [0.15, 0.2) is 59.6 Å². The van der Waals surface area contributed by atoms with Gasteiger partial charge in [-0.3, -0.25) is 14.7 Å². The average molecular weight is 384 g/mol. The lowest BCUT2D eigenvalue weighted by atomic mass is 10.1. The first-order valence-electron chi connectivity index (χ1n) is 8.79. The molecule has 0 radical (unpaired) electrons. The number of non-ortho nitro benzene ring substituents is 1. The highest BCUT2D eigenvalue weighted by Crippen LogP contribution is 2.39. The van der Waals surface area contributed by atoms with Gasteiger partial charge in [-0.15, -0.1) is 0 Å². The minimum absolute atomic E-state index is 0.00846. The molecule has 2 aliphatic heterocycles. The lowest BCUT2D eigenvalue weighted by Crippen LogP contribution is -2.09. The number of benzene rings is 2. The van der Waals surface area contributed by atoms with Crippen molar-refractivity contribution in [2.75, 3.05) is 14.1 Å². The largest absolute Gasteiger partial charge is 0.369 e. The number of nitro benzene ring substituents is 1. The maximum absolute atomic E-state index is 11.1. The molecule has 0 bridgehead atoms. The van der Waals surface area contributed by atoms with Gasteiger partial charge < -0.3 is 4.90 Å². The summed E-state index contributed by atoms with van der Waals surface area (Å²) in [5.41, 5.74) is 3.25. The van der Waals surface area contributed by atoms with Crippen LogP contribution in [-0.2, 0) is 0 Å². The number of nitro groups is 1. The number of fused-ring (bicyclic) bond motifs is 3. The molecule has 2 aromatic carbocycles. The van der Waals surface area contributed by atoms with Crippen molar-refractivity contribution in [2.24, 2.45) is 4.99 Å². The van der Waals surface area contributed by atoms with Crippen LogP contribution in [0.25, 0.3) is 28.0 Å². The molecule has 2 aliphatic rings. The monoisotopic (exact) mass is 384 g/mol. The van der Waals surface area contributed by atoms with Gasteiger partial charge in [0, 0.05) is 37.3 Å². The zero-order chi connectivity index (χ0) is 20.5. The van der Waals surface area contributed by atoms with Gasteiger partial charge in [0.15, 0.2) is 5.82 Å². The smallest absolute Gasteiger partial charge is 0.269 e. The molecule has 0 saturated heterocycles. The standard InChI is InChI=1S/C21H16N6O2/c1-25(2)13-23-21-14(12-22)11-19-20(17-5-3-4-6-18(17)24-19)26(21)15-7-9-16(10-8-15)27(28)29/h3-11,13H,1-2H3. The van der Waals surface area contributed by atoms with Crippen molar-refractivity contribution in [1.29, 1.82) is 5.26 Å². The fourth-order valence-electron chi connectivity index (χ4n) is 3.21. The molecular formula is C21H16N6O2. The van der Waals surface area contributed by atoms with Crippen LogP contribution in [0.1, 0.15) is 5.56 Å². The summed E-state index contributed by atoms with van der Waals surface area (Å²) in [6.07, 6.45) is 1.61. The van der Waals surface area contributed by atoms with Gasteiger partial charge in [0.2, 0.25) is 0 Å². The van der Waals surface area contributed by atoms with Crippen LogP contribution in [0.4, 0.5) is 11.5 Å². The fourth-order valence-corrected chi connectivity index (χ4v) is 3.21. The summed E-state index contributed by atoms with van der Waals surface area (Å²) in [7, 11) is 3.67. The predicted molar refractivity (Wildman–Crippen MR) is 111 cm³/mol. The molecule has 0 N–H and O–H groups in total. The zero-order valence-electron chi connectivity index (χ0n) is 15.8. The van der Waals surface area contributed by atoms with E-state index in [1.807, 2.05) is 42.9 Å². The van der Waals surface area contributed by atoms with Crippen molar-refractivity contribution in [1.82, 2.24) is 14.5 Å². The Kier molecular flexibility index (Phi) is 4.41. The molecule has 142 valence electrons. The van der Waals surface area contributed by atoms with Gasteiger partial charge in [-0.05, 0) is 24.3 Å². The highest BCUT2D eigenvalue weighted by molar-refractivity contribution is 5.97. The third kappa shape index (κ3) is 3.15. The summed E-state index contributed by atoms with van der Waals surface area (Å²) in [6, 6.07) is 17.8. The quantitative estimate of drug-likeness (QED) is 0.228. The second-order valence-corrected chi connectivity index (χ2v) is 6.67. The van der Waals surface area contributed by atoms with Crippen molar-refractivity contribution < 1.29 is 4.92 Å². The Balaban J connectivity index is 2.11. The Hall–Kier alpha value is -4.25. The van der Waals surface area contributed by atoms with E-state index in [0.717, 1.165) is 16.6 Å². The lowest BCUT2D eigenvalue weighted by Gasteiger charge is -2.18.